The number of likely N-dealkylation sites (N-methyl/N-ethyl adjacent to an activating group) is 1. The molecule has 0 N–H and O–H groups in total. The number of thioether (sulfide) groups is 1. The highest BCUT2D eigenvalue weighted by Crippen LogP contribution is 2.52. The topological polar surface area (TPSA) is 76.2 Å². The van der Waals surface area contributed by atoms with Crippen LogP contribution in [0, 0.1) is 0 Å². The fraction of sp³-hybridized carbons (Fsp3) is 0.320. The van der Waals surface area contributed by atoms with Crippen LogP contribution >= 0.6 is 11.8 Å². The first kappa shape index (κ1) is 23.1. The van der Waals surface area contributed by atoms with E-state index < -0.39 is 22.9 Å². The Morgan fingerprint density at radius 3 is 2.21 bits per heavy atom. The number of hydrogen-bond donors (Lipinski definition) is 0. The normalized spacial score (nSPS) is 24.0. The molecule has 2 aliphatic rings. The van der Waals surface area contributed by atoms with Crippen molar-refractivity contribution in [2.75, 3.05) is 14.2 Å². The molecule has 0 spiro atoms. The fourth-order valence-corrected chi connectivity index (χ4v) is 5.77. The standard InChI is InChI=1S/C25H26N2O5S/c1-25(15-14-19(28)26(2)31-3)23(27-20(29)16-21(27)33-25)24(30)32-22(17-10-6-4-7-11-17)18-12-8-5-9-13-18/h4-15,21-23H,16H2,1-3H3/b15-14+/t21-,23+,25+/m1/s1. The molecule has 172 valence electrons. The van der Waals surface area contributed by atoms with Crippen molar-refractivity contribution in [3.8, 4) is 0 Å². The van der Waals surface area contributed by atoms with Gasteiger partial charge in [0.05, 0.1) is 23.7 Å². The molecule has 0 radical (unpaired) electrons. The second kappa shape index (κ2) is 9.41. The molecule has 0 bridgehead atoms. The zero-order valence-electron chi connectivity index (χ0n) is 18.7. The molecule has 33 heavy (non-hydrogen) atoms. The summed E-state index contributed by atoms with van der Waals surface area (Å²) in [6, 6.07) is 18.2. The zero-order valence-corrected chi connectivity index (χ0v) is 19.5. The molecule has 2 saturated heterocycles. The van der Waals surface area contributed by atoms with Crippen molar-refractivity contribution >= 4 is 29.5 Å². The molecule has 2 aromatic carbocycles. The number of rotatable bonds is 7. The van der Waals surface area contributed by atoms with Crippen molar-refractivity contribution in [2.24, 2.45) is 0 Å². The van der Waals surface area contributed by atoms with Gasteiger partial charge in [0, 0.05) is 13.1 Å². The third kappa shape index (κ3) is 4.54. The molecule has 2 fully saturated rings. The molecule has 2 heterocycles. The van der Waals surface area contributed by atoms with Gasteiger partial charge in [-0.05, 0) is 18.1 Å². The molecule has 2 aromatic rings. The van der Waals surface area contributed by atoms with Gasteiger partial charge in [-0.15, -0.1) is 11.8 Å². The number of hydroxylamine groups is 2. The first-order valence-electron chi connectivity index (χ1n) is 10.6. The van der Waals surface area contributed by atoms with Crippen molar-refractivity contribution in [3.05, 3.63) is 83.9 Å². The number of nitrogens with zero attached hydrogens (tertiary/aromatic N) is 2. The Morgan fingerprint density at radius 1 is 1.12 bits per heavy atom. The van der Waals surface area contributed by atoms with E-state index in [2.05, 4.69) is 0 Å². The summed E-state index contributed by atoms with van der Waals surface area (Å²) in [5, 5.41) is 0.972. The SMILES string of the molecule is CON(C)C(=O)/C=C/[C@]1(C)S[C@@H]2CC(=O)N2[C@H]1C(=O)OC(c1ccccc1)c1ccccc1. The zero-order chi connectivity index (χ0) is 23.6. The molecule has 2 aliphatic heterocycles. The minimum atomic E-state index is -0.847. The van der Waals surface area contributed by atoms with Crippen molar-refractivity contribution in [1.29, 1.82) is 0 Å². The molecule has 0 aliphatic carbocycles. The first-order valence-corrected chi connectivity index (χ1v) is 11.5. The number of amides is 2. The summed E-state index contributed by atoms with van der Waals surface area (Å²) < 4.78 is 5.25. The smallest absolute Gasteiger partial charge is 0.331 e. The van der Waals surface area contributed by atoms with Crippen molar-refractivity contribution in [3.63, 3.8) is 0 Å². The van der Waals surface area contributed by atoms with Gasteiger partial charge in [-0.25, -0.2) is 9.86 Å². The fourth-order valence-electron chi connectivity index (χ4n) is 4.12. The van der Waals surface area contributed by atoms with Crippen molar-refractivity contribution in [2.45, 2.75) is 35.6 Å². The van der Waals surface area contributed by atoms with Gasteiger partial charge in [0.15, 0.2) is 6.10 Å². The molecule has 4 rings (SSSR count). The molecule has 0 saturated carbocycles. The Morgan fingerprint density at radius 2 is 1.70 bits per heavy atom. The molecule has 0 unspecified atom stereocenters. The lowest BCUT2D eigenvalue weighted by molar-refractivity contribution is -0.164. The Kier molecular flexibility index (Phi) is 6.58. The molecular weight excluding hydrogens is 440 g/mol. The second-order valence-electron chi connectivity index (χ2n) is 8.15. The third-order valence-corrected chi connectivity index (χ3v) is 7.49. The first-order chi connectivity index (χ1) is 15.8. The summed E-state index contributed by atoms with van der Waals surface area (Å²) in [4.78, 5) is 44.8. The molecule has 7 nitrogen and oxygen atoms in total. The number of carbonyl (C=O) groups is 3. The Bertz CT molecular complexity index is 1020. The maximum Gasteiger partial charge on any atom is 0.331 e. The van der Waals surface area contributed by atoms with Crippen LogP contribution in [0.15, 0.2) is 72.8 Å². The number of benzene rings is 2. The molecule has 2 amide bonds. The van der Waals surface area contributed by atoms with Gasteiger partial charge in [0.2, 0.25) is 5.91 Å². The Labute approximate surface area is 197 Å². The van der Waals surface area contributed by atoms with Gasteiger partial charge in [-0.2, -0.15) is 0 Å². The summed E-state index contributed by atoms with van der Waals surface area (Å²) >= 11 is 1.49. The van der Waals surface area contributed by atoms with E-state index in [0.717, 1.165) is 16.2 Å². The van der Waals surface area contributed by atoms with Gasteiger partial charge in [0.1, 0.15) is 6.04 Å². The summed E-state index contributed by atoms with van der Waals surface area (Å²) in [5.74, 6) is -0.961. The van der Waals surface area contributed by atoms with Crippen LogP contribution in [0.3, 0.4) is 0 Å². The highest BCUT2D eigenvalue weighted by atomic mass is 32.2. The van der Waals surface area contributed by atoms with Crippen LogP contribution in [0.5, 0.6) is 0 Å². The van der Waals surface area contributed by atoms with Crippen LogP contribution < -0.4 is 0 Å². The molecule has 3 atom stereocenters. The largest absolute Gasteiger partial charge is 0.451 e. The minimum Gasteiger partial charge on any atom is -0.451 e. The number of β-lactam (4-membered cyclic amide) rings is 1. The maximum atomic E-state index is 13.6. The monoisotopic (exact) mass is 466 g/mol. The predicted octanol–water partition coefficient (Wildman–Crippen LogP) is 3.33. The van der Waals surface area contributed by atoms with E-state index in [4.69, 9.17) is 9.57 Å². The van der Waals surface area contributed by atoms with Gasteiger partial charge in [0.25, 0.3) is 5.91 Å². The van der Waals surface area contributed by atoms with Crippen molar-refractivity contribution < 1.29 is 24.0 Å². The second-order valence-corrected chi connectivity index (χ2v) is 9.81. The van der Waals surface area contributed by atoms with E-state index in [1.165, 1.54) is 32.0 Å². The van der Waals surface area contributed by atoms with E-state index in [9.17, 15) is 14.4 Å². The predicted molar refractivity (Wildman–Crippen MR) is 125 cm³/mol. The third-order valence-electron chi connectivity index (χ3n) is 5.96. The molecular formula is C25H26N2O5S. The number of carbonyl (C=O) groups excluding carboxylic acids is 3. The van der Waals surface area contributed by atoms with Gasteiger partial charge < -0.3 is 9.64 Å². The highest BCUT2D eigenvalue weighted by molar-refractivity contribution is 8.01. The van der Waals surface area contributed by atoms with E-state index in [1.807, 2.05) is 67.6 Å². The van der Waals surface area contributed by atoms with Gasteiger partial charge in [-0.1, -0.05) is 66.7 Å². The van der Waals surface area contributed by atoms with E-state index in [-0.39, 0.29) is 17.2 Å². The maximum absolute atomic E-state index is 13.6. The number of hydrogen-bond acceptors (Lipinski definition) is 6. The minimum absolute atomic E-state index is 0.0946. The van der Waals surface area contributed by atoms with Crippen LogP contribution in [0.1, 0.15) is 30.6 Å². The number of esters is 1. The quantitative estimate of drug-likeness (QED) is 0.270. The van der Waals surface area contributed by atoms with Gasteiger partial charge >= 0.3 is 5.97 Å². The van der Waals surface area contributed by atoms with Crippen LogP contribution in [-0.4, -0.2) is 58.1 Å². The average Bonchev–Trinajstić information content (AvgIpc) is 3.08. The summed E-state index contributed by atoms with van der Waals surface area (Å²) in [7, 11) is 2.90. The van der Waals surface area contributed by atoms with E-state index in [0.29, 0.717) is 6.42 Å². The molecule has 0 aromatic heterocycles. The van der Waals surface area contributed by atoms with E-state index in [1.54, 1.807) is 11.0 Å². The number of ether oxygens (including phenoxy) is 1. The van der Waals surface area contributed by atoms with Crippen LogP contribution in [-0.2, 0) is 24.0 Å². The van der Waals surface area contributed by atoms with Crippen LogP contribution in [0.4, 0.5) is 0 Å². The van der Waals surface area contributed by atoms with Crippen molar-refractivity contribution in [1.82, 2.24) is 9.96 Å². The summed E-state index contributed by atoms with van der Waals surface area (Å²) in [5.41, 5.74) is 1.67. The summed E-state index contributed by atoms with van der Waals surface area (Å²) in [6.07, 6.45) is 2.80. The van der Waals surface area contributed by atoms with Gasteiger partial charge in [-0.3, -0.25) is 14.4 Å². The van der Waals surface area contributed by atoms with Crippen LogP contribution in [0.2, 0.25) is 0 Å². The van der Waals surface area contributed by atoms with E-state index >= 15 is 0 Å². The lowest BCUT2D eigenvalue weighted by atomic mass is 9.95. The highest BCUT2D eigenvalue weighted by Gasteiger charge is 2.60. The Hall–Kier alpha value is -3.10. The average molecular weight is 467 g/mol. The number of fused-ring (bicyclic) bond motifs is 1. The Balaban J connectivity index is 1.64. The lowest BCUT2D eigenvalue weighted by Crippen LogP contribution is -2.57. The summed E-state index contributed by atoms with van der Waals surface area (Å²) in [6.45, 7) is 1.85. The lowest BCUT2D eigenvalue weighted by Gasteiger charge is -2.38. The van der Waals surface area contributed by atoms with Crippen LogP contribution in [0.25, 0.3) is 0 Å². The molecule has 8 heteroatoms.